The molecule has 5 nitrogen and oxygen atoms in total. The van der Waals surface area contributed by atoms with Gasteiger partial charge in [0.25, 0.3) is 0 Å². The van der Waals surface area contributed by atoms with Crippen molar-refractivity contribution in [2.24, 2.45) is 7.05 Å². The van der Waals surface area contributed by atoms with Crippen molar-refractivity contribution >= 4 is 5.82 Å². The molecule has 0 saturated carbocycles. The summed E-state index contributed by atoms with van der Waals surface area (Å²) in [6, 6.07) is 2.00. The summed E-state index contributed by atoms with van der Waals surface area (Å²) in [4.78, 5) is 7.13. The lowest BCUT2D eigenvalue weighted by molar-refractivity contribution is 0.740. The second-order valence-electron chi connectivity index (χ2n) is 3.18. The van der Waals surface area contributed by atoms with Crippen LogP contribution in [-0.4, -0.2) is 19.7 Å². The summed E-state index contributed by atoms with van der Waals surface area (Å²) >= 11 is 0. The number of aromatic amines is 1. The van der Waals surface area contributed by atoms with Crippen molar-refractivity contribution in [3.8, 4) is 0 Å². The first-order valence-corrected chi connectivity index (χ1v) is 4.48. The molecular formula is C9H13N5. The van der Waals surface area contributed by atoms with Crippen molar-refractivity contribution in [1.29, 1.82) is 0 Å². The van der Waals surface area contributed by atoms with Gasteiger partial charge in [-0.15, -0.1) is 0 Å². The lowest BCUT2D eigenvalue weighted by Gasteiger charge is -1.98. The van der Waals surface area contributed by atoms with Crippen LogP contribution in [-0.2, 0) is 13.6 Å². The maximum Gasteiger partial charge on any atom is 0.148 e. The standard InChI is InChI=1S/C9H13N5/c1-7-5-8(13-14(7)2)12-6-9-10-3-4-11-9/h3-5H,6H2,1-2H3,(H,10,11)(H,12,13). The minimum Gasteiger partial charge on any atom is -0.361 e. The van der Waals surface area contributed by atoms with Crippen molar-refractivity contribution < 1.29 is 0 Å². The molecule has 2 aromatic heterocycles. The number of aryl methyl sites for hydroxylation is 2. The predicted molar refractivity (Wildman–Crippen MR) is 53.9 cm³/mol. The molecular weight excluding hydrogens is 178 g/mol. The van der Waals surface area contributed by atoms with Gasteiger partial charge >= 0.3 is 0 Å². The summed E-state index contributed by atoms with van der Waals surface area (Å²) < 4.78 is 1.84. The number of aromatic nitrogens is 4. The van der Waals surface area contributed by atoms with Gasteiger partial charge in [-0.1, -0.05) is 0 Å². The summed E-state index contributed by atoms with van der Waals surface area (Å²) in [5.74, 6) is 1.79. The van der Waals surface area contributed by atoms with Gasteiger partial charge in [0.15, 0.2) is 0 Å². The maximum absolute atomic E-state index is 4.27. The molecule has 2 heterocycles. The monoisotopic (exact) mass is 191 g/mol. The molecule has 0 radical (unpaired) electrons. The minimum absolute atomic E-state index is 0.670. The third-order valence-electron chi connectivity index (χ3n) is 2.11. The highest BCUT2D eigenvalue weighted by Crippen LogP contribution is 2.07. The van der Waals surface area contributed by atoms with Gasteiger partial charge in [-0.25, -0.2) is 4.98 Å². The Kier molecular flexibility index (Phi) is 2.22. The first-order chi connectivity index (χ1) is 6.75. The van der Waals surface area contributed by atoms with Crippen LogP contribution in [0.4, 0.5) is 5.82 Å². The Balaban J connectivity index is 1.98. The van der Waals surface area contributed by atoms with Crippen LogP contribution in [0, 0.1) is 6.92 Å². The van der Waals surface area contributed by atoms with Crippen LogP contribution in [0.25, 0.3) is 0 Å². The lowest BCUT2D eigenvalue weighted by atomic mass is 10.4. The molecule has 2 rings (SSSR count). The lowest BCUT2D eigenvalue weighted by Crippen LogP contribution is -2.02. The molecule has 0 fully saturated rings. The maximum atomic E-state index is 4.27. The van der Waals surface area contributed by atoms with Crippen LogP contribution in [0.5, 0.6) is 0 Å². The molecule has 14 heavy (non-hydrogen) atoms. The SMILES string of the molecule is Cc1cc(NCc2ncc[nH]2)nn1C. The second-order valence-corrected chi connectivity index (χ2v) is 3.18. The Morgan fingerprint density at radius 2 is 2.43 bits per heavy atom. The molecule has 0 atom stereocenters. The largest absolute Gasteiger partial charge is 0.361 e. The number of nitrogens with zero attached hydrogens (tertiary/aromatic N) is 3. The Bertz CT molecular complexity index is 381. The Labute approximate surface area is 82.2 Å². The van der Waals surface area contributed by atoms with E-state index in [1.54, 1.807) is 12.4 Å². The zero-order chi connectivity index (χ0) is 9.97. The highest BCUT2D eigenvalue weighted by atomic mass is 15.3. The zero-order valence-electron chi connectivity index (χ0n) is 8.28. The molecule has 2 aromatic rings. The van der Waals surface area contributed by atoms with Crippen molar-refractivity contribution in [2.75, 3.05) is 5.32 Å². The van der Waals surface area contributed by atoms with Gasteiger partial charge in [-0.3, -0.25) is 4.68 Å². The van der Waals surface area contributed by atoms with Gasteiger partial charge in [-0.2, -0.15) is 5.10 Å². The summed E-state index contributed by atoms with van der Waals surface area (Å²) in [6.07, 6.45) is 3.54. The van der Waals surface area contributed by atoms with Gasteiger partial charge in [0, 0.05) is 31.2 Å². The van der Waals surface area contributed by atoms with E-state index >= 15 is 0 Å². The quantitative estimate of drug-likeness (QED) is 0.762. The Hall–Kier alpha value is -1.78. The van der Waals surface area contributed by atoms with Crippen molar-refractivity contribution in [3.63, 3.8) is 0 Å². The number of nitrogens with one attached hydrogen (secondary N) is 2. The number of hydrogen-bond donors (Lipinski definition) is 2. The fraction of sp³-hybridized carbons (Fsp3) is 0.333. The average molecular weight is 191 g/mol. The van der Waals surface area contributed by atoms with Crippen LogP contribution >= 0.6 is 0 Å². The fourth-order valence-corrected chi connectivity index (χ4v) is 1.22. The first kappa shape index (κ1) is 8.80. The molecule has 0 amide bonds. The molecule has 0 bridgehead atoms. The Morgan fingerprint density at radius 1 is 1.57 bits per heavy atom. The van der Waals surface area contributed by atoms with Gasteiger partial charge in [0.1, 0.15) is 11.6 Å². The molecule has 0 aliphatic carbocycles. The average Bonchev–Trinajstić information content (AvgIpc) is 2.74. The van der Waals surface area contributed by atoms with Gasteiger partial charge in [0.05, 0.1) is 6.54 Å². The van der Waals surface area contributed by atoms with Crippen molar-refractivity contribution in [2.45, 2.75) is 13.5 Å². The summed E-state index contributed by atoms with van der Waals surface area (Å²) in [5.41, 5.74) is 1.13. The number of hydrogen-bond acceptors (Lipinski definition) is 3. The van der Waals surface area contributed by atoms with E-state index in [-0.39, 0.29) is 0 Å². The highest BCUT2D eigenvalue weighted by molar-refractivity contribution is 5.35. The molecule has 0 spiro atoms. The van der Waals surface area contributed by atoms with E-state index in [2.05, 4.69) is 20.4 Å². The first-order valence-electron chi connectivity index (χ1n) is 4.48. The zero-order valence-corrected chi connectivity index (χ0v) is 8.28. The summed E-state index contributed by atoms with van der Waals surface area (Å²) in [6.45, 7) is 2.69. The molecule has 0 aromatic carbocycles. The summed E-state index contributed by atoms with van der Waals surface area (Å²) in [7, 11) is 1.92. The molecule has 5 heteroatoms. The van der Waals surface area contributed by atoms with Crippen LogP contribution in [0.15, 0.2) is 18.5 Å². The van der Waals surface area contributed by atoms with E-state index in [0.29, 0.717) is 6.54 Å². The second kappa shape index (κ2) is 3.53. The predicted octanol–water partition coefficient (Wildman–Crippen LogP) is 1.06. The van der Waals surface area contributed by atoms with Crippen LogP contribution in [0.2, 0.25) is 0 Å². The third-order valence-corrected chi connectivity index (χ3v) is 2.11. The topological polar surface area (TPSA) is 58.5 Å². The van der Waals surface area contributed by atoms with Crippen LogP contribution in [0.1, 0.15) is 11.5 Å². The van der Waals surface area contributed by atoms with Gasteiger partial charge < -0.3 is 10.3 Å². The minimum atomic E-state index is 0.670. The number of anilines is 1. The van der Waals surface area contributed by atoms with Crippen LogP contribution < -0.4 is 5.32 Å². The fourth-order valence-electron chi connectivity index (χ4n) is 1.22. The number of imidazole rings is 1. The molecule has 74 valence electrons. The molecule has 0 aliphatic rings. The van der Waals surface area contributed by atoms with Gasteiger partial charge in [-0.05, 0) is 6.92 Å². The smallest absolute Gasteiger partial charge is 0.148 e. The van der Waals surface area contributed by atoms with Crippen molar-refractivity contribution in [3.05, 3.63) is 30.0 Å². The molecule has 0 aliphatic heterocycles. The van der Waals surface area contributed by atoms with E-state index in [0.717, 1.165) is 17.3 Å². The van der Waals surface area contributed by atoms with E-state index < -0.39 is 0 Å². The van der Waals surface area contributed by atoms with E-state index in [4.69, 9.17) is 0 Å². The Morgan fingerprint density at radius 3 is 3.00 bits per heavy atom. The third kappa shape index (κ3) is 1.76. The molecule has 0 saturated heterocycles. The van der Waals surface area contributed by atoms with Crippen LogP contribution in [0.3, 0.4) is 0 Å². The van der Waals surface area contributed by atoms with E-state index in [1.807, 2.05) is 24.7 Å². The van der Waals surface area contributed by atoms with Crippen molar-refractivity contribution in [1.82, 2.24) is 19.7 Å². The normalized spacial score (nSPS) is 10.4. The van der Waals surface area contributed by atoms with E-state index in [9.17, 15) is 0 Å². The van der Waals surface area contributed by atoms with Gasteiger partial charge in [0.2, 0.25) is 0 Å². The summed E-state index contributed by atoms with van der Waals surface area (Å²) in [5, 5.41) is 7.46. The number of H-pyrrole nitrogens is 1. The molecule has 0 unspecified atom stereocenters. The highest BCUT2D eigenvalue weighted by Gasteiger charge is 2.00. The van der Waals surface area contributed by atoms with E-state index in [1.165, 1.54) is 0 Å². The molecule has 2 N–H and O–H groups in total. The number of rotatable bonds is 3.